The Morgan fingerprint density at radius 2 is 2.13 bits per heavy atom. The van der Waals surface area contributed by atoms with Crippen LogP contribution in [0.3, 0.4) is 0 Å². The summed E-state index contributed by atoms with van der Waals surface area (Å²) < 4.78 is 5.67. The summed E-state index contributed by atoms with van der Waals surface area (Å²) in [7, 11) is 0. The summed E-state index contributed by atoms with van der Waals surface area (Å²) in [6.45, 7) is 8.09. The Bertz CT molecular complexity index is 373. The molecule has 0 radical (unpaired) electrons. The summed E-state index contributed by atoms with van der Waals surface area (Å²) in [4.78, 5) is 0. The van der Waals surface area contributed by atoms with Gasteiger partial charge in [0.05, 0.1) is 0 Å². The summed E-state index contributed by atoms with van der Waals surface area (Å²) >= 11 is 0. The molecule has 1 aliphatic heterocycles. The minimum atomic E-state index is -0.0707. The van der Waals surface area contributed by atoms with Gasteiger partial charge in [-0.2, -0.15) is 0 Å². The van der Waals surface area contributed by atoms with Crippen LogP contribution in [0.1, 0.15) is 39.0 Å². The number of aromatic nitrogens is 2. The Kier molecular flexibility index (Phi) is 2.61. The summed E-state index contributed by atoms with van der Waals surface area (Å²) in [5.74, 6) is 1.39. The van der Waals surface area contributed by atoms with Crippen molar-refractivity contribution in [3.63, 3.8) is 0 Å². The molecule has 15 heavy (non-hydrogen) atoms. The van der Waals surface area contributed by atoms with Crippen LogP contribution in [0.5, 0.6) is 0 Å². The van der Waals surface area contributed by atoms with Gasteiger partial charge in [-0.25, -0.2) is 0 Å². The van der Waals surface area contributed by atoms with Crippen LogP contribution in [0.15, 0.2) is 10.5 Å². The SMILES string of the molecule is CC(C)(C)c1nnc(C2=CCNCC2)o1. The first-order valence-corrected chi connectivity index (χ1v) is 5.31. The lowest BCUT2D eigenvalue weighted by molar-refractivity contribution is 0.386. The van der Waals surface area contributed by atoms with E-state index >= 15 is 0 Å². The van der Waals surface area contributed by atoms with Crippen LogP contribution in [0.4, 0.5) is 0 Å². The van der Waals surface area contributed by atoms with Crippen LogP contribution in [0.2, 0.25) is 0 Å². The van der Waals surface area contributed by atoms with Crippen molar-refractivity contribution in [2.24, 2.45) is 0 Å². The number of nitrogens with zero attached hydrogens (tertiary/aromatic N) is 2. The minimum absolute atomic E-state index is 0.0707. The summed E-state index contributed by atoms with van der Waals surface area (Å²) in [5, 5.41) is 11.4. The van der Waals surface area contributed by atoms with Crippen molar-refractivity contribution < 1.29 is 4.42 Å². The van der Waals surface area contributed by atoms with E-state index in [9.17, 15) is 0 Å². The van der Waals surface area contributed by atoms with Gasteiger partial charge in [0.25, 0.3) is 0 Å². The van der Waals surface area contributed by atoms with Gasteiger partial charge in [0.15, 0.2) is 0 Å². The molecule has 0 amide bonds. The van der Waals surface area contributed by atoms with Gasteiger partial charge in [-0.05, 0) is 13.0 Å². The van der Waals surface area contributed by atoms with Crippen molar-refractivity contribution in [3.05, 3.63) is 17.9 Å². The molecule has 0 aromatic carbocycles. The molecule has 1 N–H and O–H groups in total. The van der Waals surface area contributed by atoms with Crippen molar-refractivity contribution in [2.75, 3.05) is 13.1 Å². The second-order valence-electron chi connectivity index (χ2n) is 4.85. The molecule has 1 aliphatic rings. The third kappa shape index (κ3) is 2.26. The van der Waals surface area contributed by atoms with E-state index in [-0.39, 0.29) is 5.41 Å². The maximum Gasteiger partial charge on any atom is 0.243 e. The topological polar surface area (TPSA) is 51.0 Å². The predicted octanol–water partition coefficient (Wildman–Crippen LogP) is 1.74. The molecule has 0 saturated heterocycles. The van der Waals surface area contributed by atoms with E-state index in [1.165, 1.54) is 0 Å². The quantitative estimate of drug-likeness (QED) is 0.762. The van der Waals surface area contributed by atoms with Crippen molar-refractivity contribution in [2.45, 2.75) is 32.6 Å². The number of hydrogen-bond acceptors (Lipinski definition) is 4. The van der Waals surface area contributed by atoms with Gasteiger partial charge < -0.3 is 9.73 Å². The molecular weight excluding hydrogens is 190 g/mol. The average Bonchev–Trinajstić information content (AvgIpc) is 2.67. The largest absolute Gasteiger partial charge is 0.421 e. The molecule has 1 aromatic rings. The third-order valence-electron chi connectivity index (χ3n) is 2.41. The molecule has 0 saturated carbocycles. The molecule has 4 heteroatoms. The van der Waals surface area contributed by atoms with Crippen molar-refractivity contribution in [1.29, 1.82) is 0 Å². The highest BCUT2D eigenvalue weighted by atomic mass is 16.4. The monoisotopic (exact) mass is 207 g/mol. The van der Waals surface area contributed by atoms with Crippen molar-refractivity contribution in [1.82, 2.24) is 15.5 Å². The highest BCUT2D eigenvalue weighted by Crippen LogP contribution is 2.24. The highest BCUT2D eigenvalue weighted by molar-refractivity contribution is 5.59. The number of nitrogens with one attached hydrogen (secondary N) is 1. The Morgan fingerprint density at radius 1 is 1.33 bits per heavy atom. The second kappa shape index (κ2) is 3.77. The van der Waals surface area contributed by atoms with Gasteiger partial charge >= 0.3 is 0 Å². The zero-order valence-electron chi connectivity index (χ0n) is 9.50. The molecule has 0 fully saturated rings. The van der Waals surface area contributed by atoms with Crippen LogP contribution >= 0.6 is 0 Å². The Labute approximate surface area is 89.8 Å². The predicted molar refractivity (Wildman–Crippen MR) is 58.5 cm³/mol. The first-order valence-electron chi connectivity index (χ1n) is 5.31. The molecule has 1 aromatic heterocycles. The van der Waals surface area contributed by atoms with Gasteiger partial charge in [-0.3, -0.25) is 0 Å². The number of rotatable bonds is 1. The van der Waals surface area contributed by atoms with Crippen LogP contribution in [0.25, 0.3) is 5.57 Å². The Balaban J connectivity index is 2.23. The molecular formula is C11H17N3O. The Morgan fingerprint density at radius 3 is 2.67 bits per heavy atom. The van der Waals surface area contributed by atoms with Crippen molar-refractivity contribution in [3.8, 4) is 0 Å². The molecule has 0 spiro atoms. The fraction of sp³-hybridized carbons (Fsp3) is 0.636. The molecule has 4 nitrogen and oxygen atoms in total. The van der Waals surface area contributed by atoms with Crippen LogP contribution in [-0.2, 0) is 5.41 Å². The van der Waals surface area contributed by atoms with Gasteiger partial charge in [-0.15, -0.1) is 10.2 Å². The zero-order valence-corrected chi connectivity index (χ0v) is 9.50. The van der Waals surface area contributed by atoms with E-state index in [0.29, 0.717) is 11.8 Å². The maximum atomic E-state index is 5.67. The normalized spacial score (nSPS) is 17.7. The molecule has 0 atom stereocenters. The average molecular weight is 207 g/mol. The molecule has 2 heterocycles. The molecule has 0 aliphatic carbocycles. The lowest BCUT2D eigenvalue weighted by Crippen LogP contribution is -2.20. The lowest BCUT2D eigenvalue weighted by atomic mass is 9.97. The van der Waals surface area contributed by atoms with Gasteiger partial charge in [0.2, 0.25) is 11.8 Å². The van der Waals surface area contributed by atoms with E-state index < -0.39 is 0 Å². The molecule has 82 valence electrons. The van der Waals surface area contributed by atoms with E-state index in [1.807, 2.05) is 0 Å². The standard InChI is InChI=1S/C11H17N3O/c1-11(2,3)10-14-13-9(15-10)8-4-6-12-7-5-8/h4,12H,5-7H2,1-3H3. The molecule has 0 bridgehead atoms. The lowest BCUT2D eigenvalue weighted by Gasteiger charge is -2.12. The Hall–Kier alpha value is -1.16. The summed E-state index contributed by atoms with van der Waals surface area (Å²) in [6.07, 6.45) is 3.08. The fourth-order valence-electron chi connectivity index (χ4n) is 1.47. The number of hydrogen-bond donors (Lipinski definition) is 1. The van der Waals surface area contributed by atoms with Crippen LogP contribution in [0, 0.1) is 0 Å². The van der Waals surface area contributed by atoms with Gasteiger partial charge in [0.1, 0.15) is 0 Å². The zero-order chi connectivity index (χ0) is 10.9. The maximum absolute atomic E-state index is 5.67. The third-order valence-corrected chi connectivity index (χ3v) is 2.41. The summed E-state index contributed by atoms with van der Waals surface area (Å²) in [5.41, 5.74) is 1.09. The molecule has 0 unspecified atom stereocenters. The first kappa shape index (κ1) is 10.4. The van der Waals surface area contributed by atoms with Gasteiger partial charge in [0, 0.05) is 17.5 Å². The van der Waals surface area contributed by atoms with Gasteiger partial charge in [-0.1, -0.05) is 26.8 Å². The van der Waals surface area contributed by atoms with E-state index in [2.05, 4.69) is 42.4 Å². The van der Waals surface area contributed by atoms with E-state index in [0.717, 1.165) is 25.1 Å². The van der Waals surface area contributed by atoms with Crippen LogP contribution < -0.4 is 5.32 Å². The van der Waals surface area contributed by atoms with Crippen molar-refractivity contribution >= 4 is 5.57 Å². The van der Waals surface area contributed by atoms with E-state index in [4.69, 9.17) is 4.42 Å². The fourth-order valence-corrected chi connectivity index (χ4v) is 1.47. The summed E-state index contributed by atoms with van der Waals surface area (Å²) in [6, 6.07) is 0. The minimum Gasteiger partial charge on any atom is -0.421 e. The molecule has 2 rings (SSSR count). The smallest absolute Gasteiger partial charge is 0.243 e. The van der Waals surface area contributed by atoms with E-state index in [1.54, 1.807) is 0 Å². The second-order valence-corrected chi connectivity index (χ2v) is 4.85. The highest BCUT2D eigenvalue weighted by Gasteiger charge is 2.22. The van der Waals surface area contributed by atoms with Crippen LogP contribution in [-0.4, -0.2) is 23.3 Å². The first-order chi connectivity index (χ1) is 7.07.